The maximum atomic E-state index is 13.4. The van der Waals surface area contributed by atoms with E-state index in [2.05, 4.69) is 27.3 Å². The first-order valence-electron chi connectivity index (χ1n) is 9.77. The van der Waals surface area contributed by atoms with Gasteiger partial charge in [-0.25, -0.2) is 9.97 Å². The zero-order chi connectivity index (χ0) is 20.3. The predicted molar refractivity (Wildman–Crippen MR) is 111 cm³/mol. The number of amides is 1. The van der Waals surface area contributed by atoms with Crippen LogP contribution in [0.2, 0.25) is 0 Å². The first-order valence-corrected chi connectivity index (χ1v) is 9.77. The molecule has 1 amide bonds. The molecule has 6 heteroatoms. The highest BCUT2D eigenvalue weighted by Gasteiger charge is 2.51. The Kier molecular flexibility index (Phi) is 3.75. The first-order chi connectivity index (χ1) is 13.9. The molecule has 0 radical (unpaired) electrons. The zero-order valence-corrected chi connectivity index (χ0v) is 16.9. The van der Waals surface area contributed by atoms with Gasteiger partial charge >= 0.3 is 0 Å². The normalized spacial score (nSPS) is 20.6. The number of hydrogen-bond donors (Lipinski definition) is 0. The van der Waals surface area contributed by atoms with E-state index >= 15 is 0 Å². The molecule has 3 heterocycles. The molecule has 1 aromatic carbocycles. The molecule has 1 atom stereocenters. The van der Waals surface area contributed by atoms with Gasteiger partial charge in [0.2, 0.25) is 5.91 Å². The van der Waals surface area contributed by atoms with Gasteiger partial charge in [0.15, 0.2) is 5.58 Å². The van der Waals surface area contributed by atoms with Crippen molar-refractivity contribution in [1.29, 1.82) is 0 Å². The third-order valence-electron chi connectivity index (χ3n) is 6.12. The molecule has 1 aliphatic carbocycles. The van der Waals surface area contributed by atoms with E-state index in [9.17, 15) is 4.79 Å². The van der Waals surface area contributed by atoms with Crippen molar-refractivity contribution in [2.45, 2.75) is 34.1 Å². The van der Waals surface area contributed by atoms with Gasteiger partial charge in [-0.05, 0) is 50.1 Å². The Labute approximate surface area is 168 Å². The maximum Gasteiger partial charge on any atom is 0.237 e. The van der Waals surface area contributed by atoms with Gasteiger partial charge in [-0.1, -0.05) is 25.1 Å². The summed E-state index contributed by atoms with van der Waals surface area (Å²) in [6, 6.07) is 5.80. The molecule has 0 N–H and O–H groups in total. The summed E-state index contributed by atoms with van der Waals surface area (Å²) in [6.07, 6.45) is 8.78. The fourth-order valence-corrected chi connectivity index (χ4v) is 4.32. The molecule has 0 bridgehead atoms. The molecule has 0 spiro atoms. The number of benzene rings is 1. The minimum atomic E-state index is -0.476. The quantitative estimate of drug-likeness (QED) is 0.644. The average Bonchev–Trinajstić information content (AvgIpc) is 3.17. The summed E-state index contributed by atoms with van der Waals surface area (Å²) < 4.78 is 5.33. The van der Waals surface area contributed by atoms with Crippen LogP contribution in [0.25, 0.3) is 16.5 Å². The number of fused-ring (bicyclic) bond motifs is 2. The number of allylic oxidation sites excluding steroid dienone is 4. The second-order valence-corrected chi connectivity index (χ2v) is 8.35. The molecular weight excluding hydrogens is 364 g/mol. The number of aryl methyl sites for hydroxylation is 2. The van der Waals surface area contributed by atoms with Crippen LogP contribution in [0.1, 0.15) is 37.4 Å². The minimum Gasteiger partial charge on any atom is -0.356 e. The Bertz CT molecular complexity index is 1200. The van der Waals surface area contributed by atoms with Gasteiger partial charge in [0.05, 0.1) is 11.1 Å². The number of aromatic nitrogens is 3. The molecule has 0 saturated carbocycles. The summed E-state index contributed by atoms with van der Waals surface area (Å²) in [6.45, 7) is 7.85. The molecule has 1 saturated heterocycles. The summed E-state index contributed by atoms with van der Waals surface area (Å²) in [5, 5.41) is 4.96. The van der Waals surface area contributed by atoms with E-state index < -0.39 is 5.41 Å². The SMILES string of the molecule is Cc1ncc(C2=CCC3C(=C2)N(c2ccc4onc(C)c4c2)C(=O)C3(C)C)cn1. The van der Waals surface area contributed by atoms with Crippen LogP contribution >= 0.6 is 0 Å². The van der Waals surface area contributed by atoms with Crippen LogP contribution in [0.15, 0.2) is 53.0 Å². The van der Waals surface area contributed by atoms with Crippen molar-refractivity contribution in [2.24, 2.45) is 11.3 Å². The molecule has 1 fully saturated rings. The van der Waals surface area contributed by atoms with E-state index in [1.165, 1.54) is 0 Å². The molecule has 2 aliphatic rings. The molecule has 3 aromatic rings. The lowest BCUT2D eigenvalue weighted by atomic mass is 9.75. The number of hydrogen-bond acceptors (Lipinski definition) is 5. The van der Waals surface area contributed by atoms with Gasteiger partial charge in [0.25, 0.3) is 0 Å². The van der Waals surface area contributed by atoms with Gasteiger partial charge in [-0.2, -0.15) is 0 Å². The molecular formula is C23H22N4O2. The zero-order valence-electron chi connectivity index (χ0n) is 16.9. The third kappa shape index (κ3) is 2.63. The molecule has 1 aliphatic heterocycles. The van der Waals surface area contributed by atoms with Crippen LogP contribution in [0, 0.1) is 25.2 Å². The Morgan fingerprint density at radius 1 is 1.17 bits per heavy atom. The maximum absolute atomic E-state index is 13.4. The number of rotatable bonds is 2. The number of anilines is 1. The van der Waals surface area contributed by atoms with Gasteiger partial charge in [0, 0.05) is 40.6 Å². The largest absolute Gasteiger partial charge is 0.356 e. The smallest absolute Gasteiger partial charge is 0.237 e. The van der Waals surface area contributed by atoms with E-state index in [0.717, 1.165) is 51.4 Å². The number of nitrogens with zero attached hydrogens (tertiary/aromatic N) is 4. The summed E-state index contributed by atoms with van der Waals surface area (Å²) in [7, 11) is 0. The van der Waals surface area contributed by atoms with E-state index in [-0.39, 0.29) is 11.8 Å². The lowest BCUT2D eigenvalue weighted by Crippen LogP contribution is -2.31. The Morgan fingerprint density at radius 2 is 1.93 bits per heavy atom. The van der Waals surface area contributed by atoms with E-state index in [4.69, 9.17) is 4.52 Å². The lowest BCUT2D eigenvalue weighted by molar-refractivity contribution is -0.125. The van der Waals surface area contributed by atoms with Crippen LogP contribution in [-0.4, -0.2) is 21.0 Å². The summed E-state index contributed by atoms with van der Waals surface area (Å²) >= 11 is 0. The minimum absolute atomic E-state index is 0.108. The van der Waals surface area contributed by atoms with Crippen molar-refractivity contribution in [1.82, 2.24) is 15.1 Å². The molecule has 5 rings (SSSR count). The predicted octanol–water partition coefficient (Wildman–Crippen LogP) is 4.59. The lowest BCUT2D eigenvalue weighted by Gasteiger charge is -2.26. The second kappa shape index (κ2) is 6.11. The molecule has 146 valence electrons. The van der Waals surface area contributed by atoms with Gasteiger partial charge < -0.3 is 4.52 Å². The van der Waals surface area contributed by atoms with Crippen LogP contribution in [-0.2, 0) is 4.79 Å². The van der Waals surface area contributed by atoms with Crippen molar-refractivity contribution in [3.63, 3.8) is 0 Å². The van der Waals surface area contributed by atoms with E-state index in [0.29, 0.717) is 0 Å². The van der Waals surface area contributed by atoms with Gasteiger partial charge in [-0.3, -0.25) is 9.69 Å². The Hall–Kier alpha value is -3.28. The van der Waals surface area contributed by atoms with Crippen molar-refractivity contribution in [2.75, 3.05) is 4.90 Å². The fourth-order valence-electron chi connectivity index (χ4n) is 4.32. The van der Waals surface area contributed by atoms with E-state index in [1.807, 2.05) is 63.2 Å². The van der Waals surface area contributed by atoms with Crippen molar-refractivity contribution in [3.8, 4) is 0 Å². The first kappa shape index (κ1) is 17.8. The van der Waals surface area contributed by atoms with Crippen molar-refractivity contribution < 1.29 is 9.32 Å². The van der Waals surface area contributed by atoms with Crippen LogP contribution in [0.4, 0.5) is 5.69 Å². The third-order valence-corrected chi connectivity index (χ3v) is 6.12. The number of carbonyl (C=O) groups excluding carboxylic acids is 1. The monoisotopic (exact) mass is 386 g/mol. The number of carbonyl (C=O) groups is 1. The van der Waals surface area contributed by atoms with E-state index in [1.54, 1.807) is 0 Å². The highest BCUT2D eigenvalue weighted by Crippen LogP contribution is 2.50. The Morgan fingerprint density at radius 3 is 2.69 bits per heavy atom. The fraction of sp³-hybridized carbons (Fsp3) is 0.304. The van der Waals surface area contributed by atoms with Crippen molar-refractivity contribution >= 4 is 28.1 Å². The highest BCUT2D eigenvalue weighted by molar-refractivity contribution is 6.06. The summed E-state index contributed by atoms with van der Waals surface area (Å²) in [5.41, 5.74) is 4.94. The van der Waals surface area contributed by atoms with Crippen LogP contribution in [0.3, 0.4) is 0 Å². The topological polar surface area (TPSA) is 72.1 Å². The second-order valence-electron chi connectivity index (χ2n) is 8.35. The standard InChI is InChI=1S/C23H22N4O2/c1-13-18-10-17(6-8-21(18)29-26-13)27-20-9-15(16-11-24-14(2)25-12-16)5-7-19(20)23(3,4)22(27)28/h5-6,8-12,19H,7H2,1-4H3. The summed E-state index contributed by atoms with van der Waals surface area (Å²) in [4.78, 5) is 23.9. The Balaban J connectivity index is 1.63. The molecule has 2 aromatic heterocycles. The molecule has 29 heavy (non-hydrogen) atoms. The highest BCUT2D eigenvalue weighted by atomic mass is 16.5. The van der Waals surface area contributed by atoms with Crippen molar-refractivity contribution in [3.05, 3.63) is 65.5 Å². The average molecular weight is 386 g/mol. The van der Waals surface area contributed by atoms with Crippen LogP contribution < -0.4 is 4.90 Å². The molecule has 1 unspecified atom stereocenters. The van der Waals surface area contributed by atoms with Gasteiger partial charge in [0.1, 0.15) is 5.82 Å². The summed E-state index contributed by atoms with van der Waals surface area (Å²) in [5.74, 6) is 0.980. The molecule has 6 nitrogen and oxygen atoms in total. The van der Waals surface area contributed by atoms with Crippen LogP contribution in [0.5, 0.6) is 0 Å². The van der Waals surface area contributed by atoms with Gasteiger partial charge in [-0.15, -0.1) is 0 Å².